The Morgan fingerprint density at radius 1 is 1.69 bits per heavy atom. The first-order chi connectivity index (χ1) is 7.65. The summed E-state index contributed by atoms with van der Waals surface area (Å²) in [5.41, 5.74) is 0. The number of rotatable bonds is 6. The molecule has 0 bridgehead atoms. The van der Waals surface area contributed by atoms with Crippen LogP contribution in [0.4, 0.5) is 0 Å². The van der Waals surface area contributed by atoms with E-state index in [1.165, 1.54) is 6.08 Å². The number of aliphatic carboxylic acids is 1. The first kappa shape index (κ1) is 11.9. The number of carboxylic acids is 1. The Hall–Kier alpha value is -2.18. The van der Waals surface area contributed by atoms with E-state index in [2.05, 4.69) is 26.6 Å². The van der Waals surface area contributed by atoms with E-state index in [4.69, 9.17) is 5.11 Å². The van der Waals surface area contributed by atoms with Gasteiger partial charge >= 0.3 is 5.97 Å². The van der Waals surface area contributed by atoms with Gasteiger partial charge in [-0.3, -0.25) is 9.59 Å². The average molecular weight is 225 g/mol. The standard InChI is InChI=1S/C9H11N3O4/c1-2-3-10-7(13)4-6(9(14)15)8-11-5-16-12-8/h2,5-6H,1,3-4H2,(H,10,13)(H,14,15). The van der Waals surface area contributed by atoms with Gasteiger partial charge in [-0.2, -0.15) is 4.98 Å². The van der Waals surface area contributed by atoms with Gasteiger partial charge in [0.2, 0.25) is 12.3 Å². The lowest BCUT2D eigenvalue weighted by Crippen LogP contribution is -2.27. The zero-order valence-corrected chi connectivity index (χ0v) is 8.42. The molecular weight excluding hydrogens is 214 g/mol. The summed E-state index contributed by atoms with van der Waals surface area (Å²) in [6, 6.07) is 0. The van der Waals surface area contributed by atoms with Gasteiger partial charge < -0.3 is 14.9 Å². The SMILES string of the molecule is C=CCNC(=O)CC(C(=O)O)c1ncon1. The minimum atomic E-state index is -1.17. The van der Waals surface area contributed by atoms with Crippen LogP contribution in [0.1, 0.15) is 18.2 Å². The van der Waals surface area contributed by atoms with Crippen LogP contribution in [0, 0.1) is 0 Å². The fraction of sp³-hybridized carbons (Fsp3) is 0.333. The molecule has 1 unspecified atom stereocenters. The molecule has 0 aliphatic rings. The molecule has 1 atom stereocenters. The van der Waals surface area contributed by atoms with Gasteiger partial charge in [0.1, 0.15) is 5.92 Å². The Labute approximate surface area is 91.1 Å². The van der Waals surface area contributed by atoms with Crippen LogP contribution in [0.5, 0.6) is 0 Å². The van der Waals surface area contributed by atoms with E-state index < -0.39 is 17.8 Å². The van der Waals surface area contributed by atoms with Crippen molar-refractivity contribution in [3.05, 3.63) is 24.9 Å². The molecule has 0 aliphatic heterocycles. The number of carboxylic acid groups (broad SMARTS) is 1. The lowest BCUT2D eigenvalue weighted by molar-refractivity contribution is -0.141. The summed E-state index contributed by atoms with van der Waals surface area (Å²) in [5.74, 6) is -2.68. The first-order valence-corrected chi connectivity index (χ1v) is 4.51. The van der Waals surface area contributed by atoms with Gasteiger partial charge in [-0.15, -0.1) is 6.58 Å². The molecule has 7 heteroatoms. The van der Waals surface area contributed by atoms with Gasteiger partial charge in [0.25, 0.3) is 0 Å². The predicted molar refractivity (Wildman–Crippen MR) is 52.5 cm³/mol. The third-order valence-corrected chi connectivity index (χ3v) is 1.82. The Kier molecular flexibility index (Phi) is 4.19. The number of carbonyl (C=O) groups is 2. The fourth-order valence-electron chi connectivity index (χ4n) is 1.06. The number of hydrogen-bond donors (Lipinski definition) is 2. The maximum absolute atomic E-state index is 11.3. The van der Waals surface area contributed by atoms with Gasteiger partial charge in [-0.25, -0.2) is 0 Å². The Balaban J connectivity index is 2.63. The Bertz CT molecular complexity index is 374. The average Bonchev–Trinajstić information content (AvgIpc) is 2.75. The Morgan fingerprint density at radius 3 is 2.94 bits per heavy atom. The highest BCUT2D eigenvalue weighted by Crippen LogP contribution is 2.15. The molecule has 0 saturated carbocycles. The highest BCUT2D eigenvalue weighted by molar-refractivity contribution is 5.85. The lowest BCUT2D eigenvalue weighted by Gasteiger charge is -2.07. The van der Waals surface area contributed by atoms with Crippen LogP contribution in [0.3, 0.4) is 0 Å². The topological polar surface area (TPSA) is 105 Å². The van der Waals surface area contributed by atoms with Crippen molar-refractivity contribution in [3.8, 4) is 0 Å². The van der Waals surface area contributed by atoms with Crippen molar-refractivity contribution in [2.75, 3.05) is 6.54 Å². The van der Waals surface area contributed by atoms with Gasteiger partial charge in [0, 0.05) is 13.0 Å². The van der Waals surface area contributed by atoms with Crippen LogP contribution in [0.25, 0.3) is 0 Å². The molecule has 0 aromatic carbocycles. The van der Waals surface area contributed by atoms with Gasteiger partial charge in [0.15, 0.2) is 5.82 Å². The van der Waals surface area contributed by atoms with E-state index in [0.717, 1.165) is 6.39 Å². The second-order valence-electron chi connectivity index (χ2n) is 2.98. The van der Waals surface area contributed by atoms with Crippen molar-refractivity contribution in [3.63, 3.8) is 0 Å². The summed E-state index contributed by atoms with van der Waals surface area (Å²) in [6.07, 6.45) is 2.29. The van der Waals surface area contributed by atoms with Gasteiger partial charge in [-0.1, -0.05) is 11.2 Å². The number of nitrogens with one attached hydrogen (secondary N) is 1. The molecule has 1 amide bonds. The monoisotopic (exact) mass is 225 g/mol. The van der Waals surface area contributed by atoms with Crippen LogP contribution in [-0.2, 0) is 9.59 Å². The smallest absolute Gasteiger partial charge is 0.314 e. The second-order valence-corrected chi connectivity index (χ2v) is 2.98. The summed E-state index contributed by atoms with van der Waals surface area (Å²) in [4.78, 5) is 25.8. The molecule has 1 aromatic heterocycles. The molecule has 1 aromatic rings. The third-order valence-electron chi connectivity index (χ3n) is 1.82. The van der Waals surface area contributed by atoms with E-state index in [-0.39, 0.29) is 18.8 Å². The predicted octanol–water partition coefficient (Wildman–Crippen LogP) is -0.0699. The number of aromatic nitrogens is 2. The molecule has 2 N–H and O–H groups in total. The lowest BCUT2D eigenvalue weighted by atomic mass is 10.1. The number of amides is 1. The van der Waals surface area contributed by atoms with Crippen LogP contribution in [0.2, 0.25) is 0 Å². The van der Waals surface area contributed by atoms with E-state index >= 15 is 0 Å². The van der Waals surface area contributed by atoms with Crippen molar-refractivity contribution in [1.82, 2.24) is 15.5 Å². The number of carbonyl (C=O) groups excluding carboxylic acids is 1. The van der Waals surface area contributed by atoms with Crippen LogP contribution in [-0.4, -0.2) is 33.7 Å². The van der Waals surface area contributed by atoms with Crippen molar-refractivity contribution in [2.24, 2.45) is 0 Å². The first-order valence-electron chi connectivity index (χ1n) is 4.51. The highest BCUT2D eigenvalue weighted by Gasteiger charge is 2.26. The molecule has 0 fully saturated rings. The van der Waals surface area contributed by atoms with Crippen LogP contribution < -0.4 is 5.32 Å². The maximum Gasteiger partial charge on any atom is 0.314 e. The molecule has 1 heterocycles. The summed E-state index contributed by atoms with van der Waals surface area (Å²) in [6.45, 7) is 3.72. The van der Waals surface area contributed by atoms with E-state index in [9.17, 15) is 9.59 Å². The minimum absolute atomic E-state index is 0.0127. The molecule has 0 spiro atoms. The number of nitrogens with zero attached hydrogens (tertiary/aromatic N) is 2. The van der Waals surface area contributed by atoms with Gasteiger partial charge in [0.05, 0.1) is 0 Å². The highest BCUT2D eigenvalue weighted by atomic mass is 16.5. The van der Waals surface area contributed by atoms with Crippen LogP contribution >= 0.6 is 0 Å². The van der Waals surface area contributed by atoms with Crippen molar-refractivity contribution in [2.45, 2.75) is 12.3 Å². The fourth-order valence-corrected chi connectivity index (χ4v) is 1.06. The van der Waals surface area contributed by atoms with Crippen LogP contribution in [0.15, 0.2) is 23.6 Å². The molecule has 0 saturated heterocycles. The normalized spacial score (nSPS) is 11.8. The molecule has 1 rings (SSSR count). The quantitative estimate of drug-likeness (QED) is 0.656. The molecule has 7 nitrogen and oxygen atoms in total. The van der Waals surface area contributed by atoms with Crippen molar-refractivity contribution < 1.29 is 19.2 Å². The molecule has 0 aliphatic carbocycles. The summed E-state index contributed by atoms with van der Waals surface area (Å²) in [5, 5.41) is 14.8. The number of hydrogen-bond acceptors (Lipinski definition) is 5. The zero-order chi connectivity index (χ0) is 12.0. The van der Waals surface area contributed by atoms with E-state index in [0.29, 0.717) is 0 Å². The van der Waals surface area contributed by atoms with E-state index in [1.807, 2.05) is 0 Å². The largest absolute Gasteiger partial charge is 0.481 e. The van der Waals surface area contributed by atoms with Gasteiger partial charge in [-0.05, 0) is 0 Å². The maximum atomic E-state index is 11.3. The second kappa shape index (κ2) is 5.64. The minimum Gasteiger partial charge on any atom is -0.481 e. The van der Waals surface area contributed by atoms with Crippen molar-refractivity contribution >= 4 is 11.9 Å². The molecule has 16 heavy (non-hydrogen) atoms. The third kappa shape index (κ3) is 3.19. The summed E-state index contributed by atoms with van der Waals surface area (Å²) >= 11 is 0. The molecular formula is C9H11N3O4. The van der Waals surface area contributed by atoms with E-state index in [1.54, 1.807) is 0 Å². The molecule has 0 radical (unpaired) electrons. The summed E-state index contributed by atoms with van der Waals surface area (Å²) in [7, 11) is 0. The van der Waals surface area contributed by atoms with Crippen molar-refractivity contribution in [1.29, 1.82) is 0 Å². The molecule has 86 valence electrons. The summed E-state index contributed by atoms with van der Waals surface area (Å²) < 4.78 is 4.44. The zero-order valence-electron chi connectivity index (χ0n) is 8.42. The Morgan fingerprint density at radius 2 is 2.44 bits per heavy atom.